The van der Waals surface area contributed by atoms with Crippen molar-refractivity contribution in [3.05, 3.63) is 52.1 Å². The molecule has 2 N–H and O–H groups in total. The fourth-order valence-corrected chi connectivity index (χ4v) is 2.31. The topological polar surface area (TPSA) is 50.1 Å². The molecule has 2 aromatic heterocycles. The van der Waals surface area contributed by atoms with Crippen molar-refractivity contribution in [2.75, 3.05) is 10.9 Å². The van der Waals surface area contributed by atoms with Crippen LogP contribution in [0.25, 0.3) is 11.0 Å². The van der Waals surface area contributed by atoms with Crippen LogP contribution in [0, 0.1) is 12.7 Å². The highest BCUT2D eigenvalue weighted by Crippen LogP contribution is 2.34. The molecule has 21 heavy (non-hydrogen) atoms. The highest BCUT2D eigenvalue weighted by molar-refractivity contribution is 6.35. The Labute approximate surface area is 129 Å². The van der Waals surface area contributed by atoms with Gasteiger partial charge in [-0.25, -0.2) is 9.37 Å². The van der Waals surface area contributed by atoms with Crippen LogP contribution in [0.15, 0.2) is 34.9 Å². The summed E-state index contributed by atoms with van der Waals surface area (Å²) in [5.74, 6) is 0.655. The molecule has 4 nitrogen and oxygen atoms in total. The lowest BCUT2D eigenvalue weighted by Crippen LogP contribution is -2.11. The number of hydrogen-bond acceptors (Lipinski definition) is 4. The van der Waals surface area contributed by atoms with E-state index in [-0.39, 0.29) is 10.7 Å². The summed E-state index contributed by atoms with van der Waals surface area (Å²) >= 11 is 11.7. The Morgan fingerprint density at radius 1 is 1.19 bits per heavy atom. The number of nitrogens with zero attached hydrogens (tertiary/aromatic N) is 1. The second kappa shape index (κ2) is 5.42. The fraction of sp³-hybridized carbons (Fsp3) is 0.0714. The summed E-state index contributed by atoms with van der Waals surface area (Å²) in [6, 6.07) is 6.26. The number of hydrazine groups is 1. The predicted molar refractivity (Wildman–Crippen MR) is 82.4 cm³/mol. The molecule has 0 spiro atoms. The average Bonchev–Trinajstić information content (AvgIpc) is 2.83. The first-order valence-corrected chi connectivity index (χ1v) is 6.82. The Hall–Kier alpha value is -1.98. The summed E-state index contributed by atoms with van der Waals surface area (Å²) < 4.78 is 19.5. The van der Waals surface area contributed by atoms with Crippen molar-refractivity contribution in [2.45, 2.75) is 6.92 Å². The molecule has 0 aliphatic heterocycles. The van der Waals surface area contributed by atoms with Gasteiger partial charge in [0.15, 0.2) is 5.58 Å². The molecular formula is C14H10Cl2FN3O. The number of rotatable bonds is 3. The Bertz CT molecular complexity index is 802. The van der Waals surface area contributed by atoms with Crippen molar-refractivity contribution in [3.8, 4) is 0 Å². The zero-order chi connectivity index (χ0) is 15.0. The van der Waals surface area contributed by atoms with Crippen LogP contribution in [-0.4, -0.2) is 4.98 Å². The molecule has 0 aliphatic rings. The van der Waals surface area contributed by atoms with Gasteiger partial charge in [-0.1, -0.05) is 23.2 Å². The summed E-state index contributed by atoms with van der Waals surface area (Å²) in [5.41, 5.74) is 6.26. The first-order chi connectivity index (χ1) is 10.0. The van der Waals surface area contributed by atoms with E-state index in [4.69, 9.17) is 27.6 Å². The van der Waals surface area contributed by atoms with Crippen molar-refractivity contribution in [1.82, 2.24) is 4.98 Å². The van der Waals surface area contributed by atoms with E-state index >= 15 is 0 Å². The van der Waals surface area contributed by atoms with Gasteiger partial charge in [-0.15, -0.1) is 0 Å². The van der Waals surface area contributed by atoms with Gasteiger partial charge in [0, 0.05) is 6.20 Å². The Kier molecular flexibility index (Phi) is 3.61. The van der Waals surface area contributed by atoms with Gasteiger partial charge in [-0.05, 0) is 31.2 Å². The van der Waals surface area contributed by atoms with E-state index in [1.54, 1.807) is 25.1 Å². The number of nitrogens with one attached hydrogen (secondary N) is 2. The minimum atomic E-state index is -0.491. The van der Waals surface area contributed by atoms with Crippen LogP contribution in [0.1, 0.15) is 5.76 Å². The van der Waals surface area contributed by atoms with Crippen molar-refractivity contribution >= 4 is 45.7 Å². The van der Waals surface area contributed by atoms with Crippen LogP contribution in [0.5, 0.6) is 0 Å². The monoisotopic (exact) mass is 325 g/mol. The first-order valence-electron chi connectivity index (χ1n) is 6.06. The number of pyridine rings is 1. The van der Waals surface area contributed by atoms with E-state index in [0.29, 0.717) is 27.6 Å². The van der Waals surface area contributed by atoms with Crippen molar-refractivity contribution in [3.63, 3.8) is 0 Å². The quantitative estimate of drug-likeness (QED) is 0.664. The minimum absolute atomic E-state index is 0.228. The van der Waals surface area contributed by atoms with Crippen molar-refractivity contribution in [2.24, 2.45) is 0 Å². The molecule has 0 fully saturated rings. The van der Waals surface area contributed by atoms with E-state index in [0.717, 1.165) is 0 Å². The van der Waals surface area contributed by atoms with Crippen LogP contribution in [0.3, 0.4) is 0 Å². The summed E-state index contributed by atoms with van der Waals surface area (Å²) in [6.45, 7) is 1.77. The van der Waals surface area contributed by atoms with Gasteiger partial charge in [0.2, 0.25) is 0 Å². The van der Waals surface area contributed by atoms with Gasteiger partial charge in [0.25, 0.3) is 0 Å². The Morgan fingerprint density at radius 3 is 2.71 bits per heavy atom. The van der Waals surface area contributed by atoms with Gasteiger partial charge < -0.3 is 4.42 Å². The lowest BCUT2D eigenvalue weighted by molar-refractivity contribution is 0.577. The smallest absolute Gasteiger partial charge is 0.155 e. The van der Waals surface area contributed by atoms with Crippen LogP contribution in [0.4, 0.5) is 15.9 Å². The zero-order valence-corrected chi connectivity index (χ0v) is 12.4. The molecule has 0 amide bonds. The van der Waals surface area contributed by atoms with Gasteiger partial charge in [0.1, 0.15) is 23.1 Å². The van der Waals surface area contributed by atoms with E-state index < -0.39 is 5.82 Å². The standard InChI is InChI=1S/C14H10Cl2FN3O/c1-7-4-9-13(11(17)5-10(16)14(9)21-7)20-19-12-3-2-8(15)6-18-12/h2-6,20H,1H3,(H,18,19). The molecule has 7 heteroatoms. The third-order valence-electron chi connectivity index (χ3n) is 2.88. The van der Waals surface area contributed by atoms with E-state index in [9.17, 15) is 4.39 Å². The molecule has 2 heterocycles. The second-order valence-corrected chi connectivity index (χ2v) is 5.27. The molecule has 0 saturated carbocycles. The minimum Gasteiger partial charge on any atom is -0.460 e. The van der Waals surface area contributed by atoms with E-state index in [1.807, 2.05) is 0 Å². The number of fused-ring (bicyclic) bond motifs is 1. The van der Waals surface area contributed by atoms with Gasteiger partial charge in [-0.3, -0.25) is 10.9 Å². The Balaban J connectivity index is 1.94. The summed E-state index contributed by atoms with van der Waals surface area (Å²) in [6.07, 6.45) is 1.49. The Morgan fingerprint density at radius 2 is 2.00 bits per heavy atom. The largest absolute Gasteiger partial charge is 0.460 e. The third kappa shape index (κ3) is 2.75. The number of aromatic nitrogens is 1. The van der Waals surface area contributed by atoms with Crippen LogP contribution in [-0.2, 0) is 0 Å². The lowest BCUT2D eigenvalue weighted by atomic mass is 10.2. The normalized spacial score (nSPS) is 10.9. The summed E-state index contributed by atoms with van der Waals surface area (Å²) in [4.78, 5) is 4.05. The average molecular weight is 326 g/mol. The van der Waals surface area contributed by atoms with Crippen molar-refractivity contribution in [1.29, 1.82) is 0 Å². The number of halogens is 3. The van der Waals surface area contributed by atoms with Gasteiger partial charge in [-0.2, -0.15) is 0 Å². The molecule has 0 aliphatic carbocycles. The highest BCUT2D eigenvalue weighted by Gasteiger charge is 2.15. The SMILES string of the molecule is Cc1cc2c(NNc3ccc(Cl)cn3)c(F)cc(Cl)c2o1. The van der Waals surface area contributed by atoms with Crippen LogP contribution in [0.2, 0.25) is 10.0 Å². The summed E-state index contributed by atoms with van der Waals surface area (Å²) in [7, 11) is 0. The molecule has 0 unspecified atom stereocenters. The maximum Gasteiger partial charge on any atom is 0.155 e. The predicted octanol–water partition coefficient (Wildman–Crippen LogP) is 5.02. The number of aryl methyl sites for hydroxylation is 1. The maximum atomic E-state index is 14.1. The molecular weight excluding hydrogens is 316 g/mol. The molecule has 0 radical (unpaired) electrons. The van der Waals surface area contributed by atoms with Crippen LogP contribution < -0.4 is 10.9 Å². The second-order valence-electron chi connectivity index (χ2n) is 4.43. The third-order valence-corrected chi connectivity index (χ3v) is 3.38. The zero-order valence-electron chi connectivity index (χ0n) is 10.9. The maximum absolute atomic E-state index is 14.1. The highest BCUT2D eigenvalue weighted by atomic mass is 35.5. The number of anilines is 2. The van der Waals surface area contributed by atoms with Gasteiger partial charge >= 0.3 is 0 Å². The molecule has 0 bridgehead atoms. The van der Waals surface area contributed by atoms with E-state index in [1.165, 1.54) is 12.3 Å². The van der Waals surface area contributed by atoms with E-state index in [2.05, 4.69) is 15.8 Å². The first kappa shape index (κ1) is 14.0. The molecule has 3 aromatic rings. The summed E-state index contributed by atoms with van der Waals surface area (Å²) in [5, 5.41) is 1.30. The molecule has 0 atom stereocenters. The number of hydrogen-bond donors (Lipinski definition) is 2. The van der Waals surface area contributed by atoms with Gasteiger partial charge in [0.05, 0.1) is 15.4 Å². The fourth-order valence-electron chi connectivity index (χ4n) is 1.96. The van der Waals surface area contributed by atoms with Crippen molar-refractivity contribution < 1.29 is 8.81 Å². The number of furan rings is 1. The molecule has 0 saturated heterocycles. The number of benzene rings is 1. The molecule has 108 valence electrons. The van der Waals surface area contributed by atoms with Crippen LogP contribution >= 0.6 is 23.2 Å². The molecule has 3 rings (SSSR count). The molecule has 1 aromatic carbocycles. The lowest BCUT2D eigenvalue weighted by Gasteiger charge is -2.11.